The number of rotatable bonds is 6. The number of carbonyl (C=O) groups is 1. The van der Waals surface area contributed by atoms with Crippen LogP contribution in [0.25, 0.3) is 22.2 Å². The van der Waals surface area contributed by atoms with Gasteiger partial charge in [-0.3, -0.25) is 15.2 Å². The van der Waals surface area contributed by atoms with Crippen LogP contribution in [0.1, 0.15) is 10.4 Å². The zero-order valence-corrected chi connectivity index (χ0v) is 17.3. The molecule has 5 nitrogen and oxygen atoms in total. The molecule has 0 aliphatic heterocycles. The summed E-state index contributed by atoms with van der Waals surface area (Å²) in [7, 11) is 0. The number of carbonyl (C=O) groups excluding carboxylic acids is 1. The minimum absolute atomic E-state index is 0.562. The normalized spacial score (nSPS) is 10.7. The van der Waals surface area contributed by atoms with Crippen LogP contribution in [0, 0.1) is 0 Å². The van der Waals surface area contributed by atoms with Gasteiger partial charge in [-0.15, -0.1) is 0 Å². The number of nitrogens with one attached hydrogen (secondary N) is 1. The first-order chi connectivity index (χ1) is 15.3. The van der Waals surface area contributed by atoms with Crippen LogP contribution in [0.2, 0.25) is 0 Å². The monoisotopic (exact) mass is 422 g/mol. The molecule has 1 aromatic heterocycles. The first-order valence-electron chi connectivity index (χ1n) is 9.81. The van der Waals surface area contributed by atoms with Crippen molar-refractivity contribution >= 4 is 46.1 Å². The van der Waals surface area contributed by atoms with Gasteiger partial charge in [-0.2, -0.15) is 8.75 Å². The fourth-order valence-electron chi connectivity index (χ4n) is 3.50. The minimum Gasteiger partial charge on any atom is -0.298 e. The highest BCUT2D eigenvalue weighted by atomic mass is 32.1. The molecular weight excluding hydrogens is 404 g/mol. The standard InChI is InChI=1S/C25H18N4OS/c30-17-19-13-16-23(25-24(19)27-31-28-25)18-11-14-22(15-12-18)29(21-9-5-2-6-10-21)26-20-7-3-1-4-8-20/h1-17,26H. The lowest BCUT2D eigenvalue weighted by Gasteiger charge is -2.27. The third-order valence-corrected chi connectivity index (χ3v) is 5.57. The maximum Gasteiger partial charge on any atom is 0.152 e. The van der Waals surface area contributed by atoms with E-state index in [1.54, 1.807) is 6.07 Å². The van der Waals surface area contributed by atoms with E-state index in [0.717, 1.165) is 51.7 Å². The predicted molar refractivity (Wildman–Crippen MR) is 127 cm³/mol. The van der Waals surface area contributed by atoms with E-state index in [1.807, 2.05) is 54.6 Å². The van der Waals surface area contributed by atoms with E-state index in [9.17, 15) is 4.79 Å². The number of hydrazine groups is 1. The number of aromatic nitrogens is 2. The van der Waals surface area contributed by atoms with Crippen molar-refractivity contribution in [3.63, 3.8) is 0 Å². The van der Waals surface area contributed by atoms with Gasteiger partial charge in [0, 0.05) is 11.1 Å². The Kier molecular flexibility index (Phi) is 5.12. The van der Waals surface area contributed by atoms with Crippen molar-refractivity contribution in [3.05, 3.63) is 103 Å². The van der Waals surface area contributed by atoms with Gasteiger partial charge in [0.2, 0.25) is 0 Å². The highest BCUT2D eigenvalue weighted by molar-refractivity contribution is 7.00. The van der Waals surface area contributed by atoms with E-state index in [2.05, 4.69) is 55.6 Å². The number of hydrogen-bond acceptors (Lipinski definition) is 6. The molecule has 0 saturated heterocycles. The van der Waals surface area contributed by atoms with Gasteiger partial charge < -0.3 is 0 Å². The molecule has 0 bridgehead atoms. The molecular formula is C25H18N4OS. The molecule has 0 amide bonds. The number of anilines is 3. The van der Waals surface area contributed by atoms with E-state index < -0.39 is 0 Å². The second-order valence-corrected chi connectivity index (χ2v) is 7.51. The van der Waals surface area contributed by atoms with Crippen molar-refractivity contribution in [2.45, 2.75) is 0 Å². The summed E-state index contributed by atoms with van der Waals surface area (Å²) in [6.07, 6.45) is 0.823. The SMILES string of the molecule is O=Cc1ccc(-c2ccc(N(Nc3ccccc3)c3ccccc3)cc2)c2nsnc12. The van der Waals surface area contributed by atoms with Crippen molar-refractivity contribution in [2.75, 3.05) is 10.4 Å². The average molecular weight is 423 g/mol. The fraction of sp³-hybridized carbons (Fsp3) is 0. The third-order valence-electron chi connectivity index (χ3n) is 5.04. The smallest absolute Gasteiger partial charge is 0.152 e. The lowest BCUT2D eigenvalue weighted by molar-refractivity contribution is 0.112. The molecule has 5 rings (SSSR count). The Balaban J connectivity index is 1.53. The van der Waals surface area contributed by atoms with Crippen LogP contribution in [0.4, 0.5) is 17.1 Å². The molecule has 0 radical (unpaired) electrons. The third kappa shape index (κ3) is 3.76. The maximum absolute atomic E-state index is 11.3. The second kappa shape index (κ2) is 8.38. The second-order valence-electron chi connectivity index (χ2n) is 6.98. The topological polar surface area (TPSA) is 58.1 Å². The summed E-state index contributed by atoms with van der Waals surface area (Å²) in [5.41, 5.74) is 10.5. The molecule has 5 aromatic rings. The Bertz CT molecular complexity index is 1320. The van der Waals surface area contributed by atoms with Crippen LogP contribution >= 0.6 is 11.7 Å². The molecule has 0 saturated carbocycles. The molecule has 0 aliphatic carbocycles. The lowest BCUT2D eigenvalue weighted by Crippen LogP contribution is -2.24. The zero-order valence-electron chi connectivity index (χ0n) is 16.5. The van der Waals surface area contributed by atoms with Gasteiger partial charge in [-0.1, -0.05) is 54.6 Å². The lowest BCUT2D eigenvalue weighted by atomic mass is 10.0. The van der Waals surface area contributed by atoms with Gasteiger partial charge in [0.05, 0.1) is 28.8 Å². The highest BCUT2D eigenvalue weighted by Crippen LogP contribution is 2.32. The molecule has 6 heteroatoms. The van der Waals surface area contributed by atoms with E-state index in [1.165, 1.54) is 0 Å². The Morgan fingerprint density at radius 1 is 0.710 bits per heavy atom. The van der Waals surface area contributed by atoms with Crippen LogP contribution in [0.5, 0.6) is 0 Å². The van der Waals surface area contributed by atoms with Gasteiger partial charge in [0.1, 0.15) is 11.0 Å². The van der Waals surface area contributed by atoms with Crippen molar-refractivity contribution in [1.29, 1.82) is 0 Å². The van der Waals surface area contributed by atoms with Gasteiger partial charge in [0.15, 0.2) is 6.29 Å². The number of fused-ring (bicyclic) bond motifs is 1. The van der Waals surface area contributed by atoms with E-state index in [4.69, 9.17) is 0 Å². The first-order valence-corrected chi connectivity index (χ1v) is 10.5. The first kappa shape index (κ1) is 19.0. The van der Waals surface area contributed by atoms with E-state index >= 15 is 0 Å². The maximum atomic E-state index is 11.3. The van der Waals surface area contributed by atoms with Crippen molar-refractivity contribution in [2.24, 2.45) is 0 Å². The summed E-state index contributed by atoms with van der Waals surface area (Å²) in [5.74, 6) is 0. The molecule has 4 aromatic carbocycles. The zero-order chi connectivity index (χ0) is 21.0. The highest BCUT2D eigenvalue weighted by Gasteiger charge is 2.13. The molecule has 0 unspecified atom stereocenters. The number of hydrogen-bond donors (Lipinski definition) is 1. The average Bonchev–Trinajstić information content (AvgIpc) is 3.34. The predicted octanol–water partition coefficient (Wildman–Crippen LogP) is 6.34. The molecule has 150 valence electrons. The molecule has 0 atom stereocenters. The fourth-order valence-corrected chi connectivity index (χ4v) is 4.08. The quantitative estimate of drug-likeness (QED) is 0.256. The largest absolute Gasteiger partial charge is 0.298 e. The van der Waals surface area contributed by atoms with Crippen LogP contribution < -0.4 is 10.4 Å². The Morgan fingerprint density at radius 2 is 1.35 bits per heavy atom. The van der Waals surface area contributed by atoms with Crippen molar-refractivity contribution in [1.82, 2.24) is 8.75 Å². The summed E-state index contributed by atoms with van der Waals surface area (Å²) >= 11 is 1.12. The molecule has 0 spiro atoms. The summed E-state index contributed by atoms with van der Waals surface area (Å²) in [6, 6.07) is 32.2. The van der Waals surface area contributed by atoms with Crippen molar-refractivity contribution in [3.8, 4) is 11.1 Å². The van der Waals surface area contributed by atoms with Gasteiger partial charge in [0.25, 0.3) is 0 Å². The van der Waals surface area contributed by atoms with E-state index in [-0.39, 0.29) is 0 Å². The van der Waals surface area contributed by atoms with Crippen LogP contribution in [-0.4, -0.2) is 15.0 Å². The van der Waals surface area contributed by atoms with Gasteiger partial charge >= 0.3 is 0 Å². The van der Waals surface area contributed by atoms with Crippen molar-refractivity contribution < 1.29 is 4.79 Å². The molecule has 0 aliphatic rings. The summed E-state index contributed by atoms with van der Waals surface area (Å²) in [5, 5.41) is 2.05. The number of para-hydroxylation sites is 2. The minimum atomic E-state index is 0.562. The Labute approximate surface area is 183 Å². The molecule has 0 fully saturated rings. The van der Waals surface area contributed by atoms with Crippen LogP contribution in [0.3, 0.4) is 0 Å². The number of aldehydes is 1. The summed E-state index contributed by atoms with van der Waals surface area (Å²) in [6.45, 7) is 0. The molecule has 31 heavy (non-hydrogen) atoms. The van der Waals surface area contributed by atoms with Crippen LogP contribution in [0.15, 0.2) is 97.1 Å². The van der Waals surface area contributed by atoms with Gasteiger partial charge in [-0.05, 0) is 48.0 Å². The molecule has 1 heterocycles. The number of nitrogens with zero attached hydrogens (tertiary/aromatic N) is 3. The summed E-state index contributed by atoms with van der Waals surface area (Å²) < 4.78 is 8.70. The Morgan fingerprint density at radius 3 is 2.06 bits per heavy atom. The summed E-state index contributed by atoms with van der Waals surface area (Å²) in [4.78, 5) is 11.3. The van der Waals surface area contributed by atoms with E-state index in [0.29, 0.717) is 11.1 Å². The Hall–Kier alpha value is -4.03. The van der Waals surface area contributed by atoms with Crippen LogP contribution in [-0.2, 0) is 0 Å². The number of benzene rings is 4. The molecule has 1 N–H and O–H groups in total. The van der Waals surface area contributed by atoms with Gasteiger partial charge in [-0.25, -0.2) is 0 Å².